The third kappa shape index (κ3) is 2.61. The Hall–Kier alpha value is -1.34. The van der Waals surface area contributed by atoms with Gasteiger partial charge >= 0.3 is 0 Å². The maximum Gasteiger partial charge on any atom is 0.115 e. The number of benzene rings is 2. The molecule has 2 aliphatic rings. The molecule has 2 aliphatic heterocycles. The molecular weight excluding hydrogens is 421 g/mol. The first kappa shape index (κ1) is 20.0. The van der Waals surface area contributed by atoms with E-state index in [1.54, 1.807) is 0 Å². The molecule has 0 N–H and O–H groups in total. The maximum absolute atomic E-state index is 5.88. The zero-order valence-corrected chi connectivity index (χ0v) is 19.7. The second-order valence-electron chi connectivity index (χ2n) is 7.55. The van der Waals surface area contributed by atoms with Crippen LogP contribution in [-0.2, 0) is 0 Å². The summed E-state index contributed by atoms with van der Waals surface area (Å²) in [5.41, 5.74) is 4.23. The summed E-state index contributed by atoms with van der Waals surface area (Å²) in [6, 6.07) is 8.97. The van der Waals surface area contributed by atoms with Gasteiger partial charge in [0.2, 0.25) is 0 Å². The van der Waals surface area contributed by atoms with Crippen molar-refractivity contribution in [1.82, 2.24) is 9.80 Å². The van der Waals surface area contributed by atoms with Gasteiger partial charge < -0.3 is 9.80 Å². The van der Waals surface area contributed by atoms with E-state index >= 15 is 0 Å². The van der Waals surface area contributed by atoms with E-state index in [-0.39, 0.29) is 12.1 Å². The summed E-state index contributed by atoms with van der Waals surface area (Å²) in [5.74, 6) is 0. The Labute approximate surface area is 187 Å². The van der Waals surface area contributed by atoms with E-state index in [0.29, 0.717) is 0 Å². The van der Waals surface area contributed by atoms with Gasteiger partial charge in [0.1, 0.15) is 20.0 Å². The van der Waals surface area contributed by atoms with Crippen molar-refractivity contribution in [3.8, 4) is 0 Å². The lowest BCUT2D eigenvalue weighted by molar-refractivity contribution is 0.463. The van der Waals surface area contributed by atoms with Crippen LogP contribution in [0.1, 0.15) is 62.8 Å². The van der Waals surface area contributed by atoms with Crippen molar-refractivity contribution in [3.05, 3.63) is 46.5 Å². The van der Waals surface area contributed by atoms with Gasteiger partial charge in [0.25, 0.3) is 0 Å². The highest BCUT2D eigenvalue weighted by Crippen LogP contribution is 2.40. The van der Waals surface area contributed by atoms with Gasteiger partial charge in [-0.05, 0) is 26.7 Å². The molecule has 2 nitrogen and oxygen atoms in total. The van der Waals surface area contributed by atoms with Crippen molar-refractivity contribution in [2.24, 2.45) is 0 Å². The van der Waals surface area contributed by atoms with Gasteiger partial charge in [-0.2, -0.15) is 0 Å². The van der Waals surface area contributed by atoms with Gasteiger partial charge in [0, 0.05) is 45.1 Å². The van der Waals surface area contributed by atoms with Crippen LogP contribution in [0, 0.1) is 0 Å². The molecule has 0 amide bonds. The minimum Gasteiger partial charge on any atom is -0.320 e. The lowest BCUT2D eigenvalue weighted by Gasteiger charge is -2.40. The summed E-state index contributed by atoms with van der Waals surface area (Å²) in [6.07, 6.45) is 1.96. The molecule has 28 heavy (non-hydrogen) atoms. The molecule has 4 rings (SSSR count). The van der Waals surface area contributed by atoms with E-state index in [0.717, 1.165) is 65.8 Å². The van der Waals surface area contributed by atoms with Gasteiger partial charge in [0.05, 0.1) is 0 Å². The minimum absolute atomic E-state index is 0.263. The Balaban J connectivity index is 2.01. The van der Waals surface area contributed by atoms with Crippen molar-refractivity contribution >= 4 is 79.6 Å². The Kier molecular flexibility index (Phi) is 5.11. The number of nitrogens with zero attached hydrogens (tertiary/aromatic N) is 2. The van der Waals surface area contributed by atoms with Gasteiger partial charge in [-0.3, -0.25) is 0 Å². The van der Waals surface area contributed by atoms with Crippen LogP contribution in [0.5, 0.6) is 0 Å². The fourth-order valence-electron chi connectivity index (χ4n) is 4.08. The fraction of sp³-hybridized carbons (Fsp3) is 0.364. The summed E-state index contributed by atoms with van der Waals surface area (Å²) >= 11 is 23.5. The lowest BCUT2D eigenvalue weighted by Crippen LogP contribution is -2.46. The number of hydrogen-bond donors (Lipinski definition) is 0. The van der Waals surface area contributed by atoms with Gasteiger partial charge in [-0.15, -0.1) is 0 Å². The number of rotatable bonds is 4. The molecule has 2 atom stereocenters. The lowest BCUT2D eigenvalue weighted by atomic mass is 9.86. The molecule has 0 fully saturated rings. The van der Waals surface area contributed by atoms with Crippen LogP contribution in [0.15, 0.2) is 24.3 Å². The molecule has 2 heterocycles. The van der Waals surface area contributed by atoms with Gasteiger partial charge in [-0.1, -0.05) is 87.0 Å². The molecule has 2 aromatic carbocycles. The van der Waals surface area contributed by atoms with Crippen LogP contribution in [0.4, 0.5) is 0 Å². The van der Waals surface area contributed by atoms with Crippen LogP contribution in [0.25, 0.3) is 10.8 Å². The highest BCUT2D eigenvalue weighted by molar-refractivity contribution is 7.83. The Morgan fingerprint density at radius 1 is 0.607 bits per heavy atom. The smallest absolute Gasteiger partial charge is 0.115 e. The third-order valence-corrected chi connectivity index (χ3v) is 7.69. The molecule has 0 saturated carbocycles. The first-order valence-electron chi connectivity index (χ1n) is 9.68. The van der Waals surface area contributed by atoms with Crippen LogP contribution >= 0.6 is 48.9 Å². The van der Waals surface area contributed by atoms with Gasteiger partial charge in [-0.25, -0.2) is 0 Å². The normalized spacial score (nSPS) is 18.1. The standard InChI is InChI=1S/C22H22N2S4/c1-5-11(3)23-19(25)13-7-9-15-18-16(10-8-14(17(13)18)20(23)26)22(28)24(21(15)27)12(4)6-2/h7-12H,5-6H2,1-4H3. The van der Waals surface area contributed by atoms with Gasteiger partial charge in [0.15, 0.2) is 0 Å². The monoisotopic (exact) mass is 442 g/mol. The second-order valence-corrected chi connectivity index (χ2v) is 9.09. The molecular formula is C22H22N2S4. The largest absolute Gasteiger partial charge is 0.320 e. The van der Waals surface area contributed by atoms with Crippen molar-refractivity contribution in [1.29, 1.82) is 0 Å². The zero-order valence-electron chi connectivity index (χ0n) is 16.4. The molecule has 6 heteroatoms. The highest BCUT2D eigenvalue weighted by atomic mass is 32.1. The quantitative estimate of drug-likeness (QED) is 0.551. The second kappa shape index (κ2) is 7.17. The average Bonchev–Trinajstić information content (AvgIpc) is 2.70. The Bertz CT molecular complexity index is 917. The van der Waals surface area contributed by atoms with Crippen LogP contribution in [-0.4, -0.2) is 41.8 Å². The topological polar surface area (TPSA) is 6.48 Å². The molecule has 0 aliphatic carbocycles. The fourth-order valence-corrected chi connectivity index (χ4v) is 5.96. The van der Waals surface area contributed by atoms with E-state index < -0.39 is 0 Å². The SMILES string of the molecule is CCC(C)N1C(=S)c2ccc3c4c(ccc(c24)C1=S)C(=S)N(C(C)CC)C3=S. The average molecular weight is 443 g/mol. The first-order chi connectivity index (χ1) is 13.3. The first-order valence-corrected chi connectivity index (χ1v) is 11.3. The van der Waals surface area contributed by atoms with Crippen LogP contribution < -0.4 is 0 Å². The van der Waals surface area contributed by atoms with E-state index in [4.69, 9.17) is 48.9 Å². The molecule has 2 aromatic rings. The predicted molar refractivity (Wildman–Crippen MR) is 134 cm³/mol. The summed E-state index contributed by atoms with van der Waals surface area (Å²) in [6.45, 7) is 8.65. The molecule has 0 bridgehead atoms. The van der Waals surface area contributed by atoms with Crippen molar-refractivity contribution < 1.29 is 0 Å². The van der Waals surface area contributed by atoms with E-state index in [2.05, 4.69) is 61.8 Å². The molecule has 0 aromatic heterocycles. The molecule has 0 saturated heterocycles. The summed E-state index contributed by atoms with van der Waals surface area (Å²) in [4.78, 5) is 7.45. The summed E-state index contributed by atoms with van der Waals surface area (Å²) in [5, 5.41) is 2.22. The molecule has 0 spiro atoms. The van der Waals surface area contributed by atoms with E-state index in [9.17, 15) is 0 Å². The van der Waals surface area contributed by atoms with Crippen molar-refractivity contribution in [2.45, 2.75) is 52.6 Å². The number of thiocarbonyl (C=S) groups is 4. The number of hydrogen-bond acceptors (Lipinski definition) is 4. The van der Waals surface area contributed by atoms with E-state index in [1.807, 2.05) is 0 Å². The predicted octanol–water partition coefficient (Wildman–Crippen LogP) is 5.77. The highest BCUT2D eigenvalue weighted by Gasteiger charge is 2.36. The third-order valence-electron chi connectivity index (χ3n) is 6.02. The summed E-state index contributed by atoms with van der Waals surface area (Å²) < 4.78 is 0. The Morgan fingerprint density at radius 2 is 0.857 bits per heavy atom. The molecule has 0 radical (unpaired) electrons. The van der Waals surface area contributed by atoms with Crippen molar-refractivity contribution in [2.75, 3.05) is 0 Å². The van der Waals surface area contributed by atoms with Crippen LogP contribution in [0.3, 0.4) is 0 Å². The Morgan fingerprint density at radius 3 is 1.07 bits per heavy atom. The van der Waals surface area contributed by atoms with E-state index in [1.165, 1.54) is 0 Å². The maximum atomic E-state index is 5.88. The zero-order chi connectivity index (χ0) is 20.3. The summed E-state index contributed by atoms with van der Waals surface area (Å²) in [7, 11) is 0. The molecule has 2 unspecified atom stereocenters. The van der Waals surface area contributed by atoms with Crippen molar-refractivity contribution in [3.63, 3.8) is 0 Å². The molecule has 144 valence electrons. The van der Waals surface area contributed by atoms with Crippen LogP contribution in [0.2, 0.25) is 0 Å². The minimum atomic E-state index is 0.263.